The van der Waals surface area contributed by atoms with Crippen LogP contribution in [0.15, 0.2) is 36.4 Å². The highest BCUT2D eigenvalue weighted by Gasteiger charge is 2.43. The number of likely N-dealkylation sites (tertiary alicyclic amines) is 1. The van der Waals surface area contributed by atoms with E-state index in [0.29, 0.717) is 31.5 Å². The van der Waals surface area contributed by atoms with Crippen LogP contribution >= 0.6 is 0 Å². The molecule has 0 bridgehead atoms. The van der Waals surface area contributed by atoms with E-state index in [-0.39, 0.29) is 23.5 Å². The SMILES string of the molecule is O=C(c1c(O)ccc2ccccc12)N1C[C@H]2C[C@H](O)[C@H](O)C[C@H]2C1. The summed E-state index contributed by atoms with van der Waals surface area (Å²) in [4.78, 5) is 14.8. The molecule has 24 heavy (non-hydrogen) atoms. The van der Waals surface area contributed by atoms with Gasteiger partial charge in [0.15, 0.2) is 0 Å². The lowest BCUT2D eigenvalue weighted by Gasteiger charge is -2.31. The van der Waals surface area contributed by atoms with Crippen molar-refractivity contribution < 1.29 is 20.1 Å². The van der Waals surface area contributed by atoms with E-state index < -0.39 is 12.2 Å². The average Bonchev–Trinajstić information content (AvgIpc) is 2.97. The van der Waals surface area contributed by atoms with Gasteiger partial charge in [0.2, 0.25) is 0 Å². The first-order chi connectivity index (χ1) is 11.5. The summed E-state index contributed by atoms with van der Waals surface area (Å²) in [6, 6.07) is 10.9. The maximum Gasteiger partial charge on any atom is 0.258 e. The lowest BCUT2D eigenvalue weighted by atomic mass is 9.79. The van der Waals surface area contributed by atoms with Crippen LogP contribution in [-0.2, 0) is 0 Å². The second kappa shape index (κ2) is 5.76. The highest BCUT2D eigenvalue weighted by Crippen LogP contribution is 2.38. The maximum absolute atomic E-state index is 13.0. The Morgan fingerprint density at radius 2 is 1.58 bits per heavy atom. The minimum absolute atomic E-state index is 0.00589. The minimum Gasteiger partial charge on any atom is -0.507 e. The zero-order chi connectivity index (χ0) is 16.8. The normalized spacial score (nSPS) is 29.7. The molecular formula is C19H21NO4. The lowest BCUT2D eigenvalue weighted by Crippen LogP contribution is -2.38. The Labute approximate surface area is 140 Å². The topological polar surface area (TPSA) is 81.0 Å². The number of hydrogen-bond donors (Lipinski definition) is 3. The summed E-state index contributed by atoms with van der Waals surface area (Å²) < 4.78 is 0. The van der Waals surface area contributed by atoms with Crippen LogP contribution in [0.1, 0.15) is 23.2 Å². The van der Waals surface area contributed by atoms with E-state index in [1.165, 1.54) is 0 Å². The third kappa shape index (κ3) is 2.44. The van der Waals surface area contributed by atoms with E-state index in [0.717, 1.165) is 10.8 Å². The molecule has 1 heterocycles. The van der Waals surface area contributed by atoms with Gasteiger partial charge in [-0.3, -0.25) is 4.79 Å². The molecule has 4 rings (SSSR count). The fraction of sp³-hybridized carbons (Fsp3) is 0.421. The highest BCUT2D eigenvalue weighted by molar-refractivity contribution is 6.09. The molecule has 1 aliphatic carbocycles. The molecule has 0 spiro atoms. The molecule has 3 N–H and O–H groups in total. The average molecular weight is 327 g/mol. The molecule has 0 radical (unpaired) electrons. The number of fused-ring (bicyclic) bond motifs is 2. The molecule has 1 amide bonds. The van der Waals surface area contributed by atoms with Gasteiger partial charge in [0, 0.05) is 13.1 Å². The first-order valence-electron chi connectivity index (χ1n) is 8.40. The van der Waals surface area contributed by atoms with E-state index >= 15 is 0 Å². The summed E-state index contributed by atoms with van der Waals surface area (Å²) in [6.07, 6.45) is -0.353. The van der Waals surface area contributed by atoms with Crippen molar-refractivity contribution in [1.82, 2.24) is 4.90 Å². The molecule has 4 atom stereocenters. The second-order valence-corrected chi connectivity index (χ2v) is 7.02. The Balaban J connectivity index is 1.65. The first-order valence-corrected chi connectivity index (χ1v) is 8.40. The van der Waals surface area contributed by atoms with Gasteiger partial charge in [-0.05, 0) is 41.5 Å². The Morgan fingerprint density at radius 1 is 0.958 bits per heavy atom. The molecule has 1 saturated carbocycles. The van der Waals surface area contributed by atoms with Crippen LogP contribution in [0.5, 0.6) is 5.75 Å². The van der Waals surface area contributed by atoms with Crippen LogP contribution in [0.3, 0.4) is 0 Å². The van der Waals surface area contributed by atoms with Gasteiger partial charge < -0.3 is 20.2 Å². The van der Waals surface area contributed by atoms with Gasteiger partial charge in [0.1, 0.15) is 5.75 Å². The van der Waals surface area contributed by atoms with Gasteiger partial charge in [-0.25, -0.2) is 0 Å². The summed E-state index contributed by atoms with van der Waals surface area (Å²) in [6.45, 7) is 1.13. The highest BCUT2D eigenvalue weighted by atomic mass is 16.3. The Morgan fingerprint density at radius 3 is 2.25 bits per heavy atom. The van der Waals surface area contributed by atoms with Crippen molar-refractivity contribution in [1.29, 1.82) is 0 Å². The first kappa shape index (κ1) is 15.4. The zero-order valence-corrected chi connectivity index (χ0v) is 13.3. The van der Waals surface area contributed by atoms with Gasteiger partial charge in [-0.15, -0.1) is 0 Å². The number of phenolic OH excluding ortho intramolecular Hbond substituents is 1. The van der Waals surface area contributed by atoms with E-state index in [1.54, 1.807) is 17.0 Å². The summed E-state index contributed by atoms with van der Waals surface area (Å²) in [5.74, 6) is 0.241. The third-order valence-electron chi connectivity index (χ3n) is 5.52. The van der Waals surface area contributed by atoms with E-state index in [4.69, 9.17) is 0 Å². The van der Waals surface area contributed by atoms with Crippen molar-refractivity contribution in [2.45, 2.75) is 25.0 Å². The Bertz CT molecular complexity index is 772. The maximum atomic E-state index is 13.0. The van der Waals surface area contributed by atoms with E-state index in [2.05, 4.69) is 0 Å². The fourth-order valence-electron chi connectivity index (χ4n) is 4.22. The number of aliphatic hydroxyl groups excluding tert-OH is 2. The largest absolute Gasteiger partial charge is 0.507 e. The summed E-state index contributed by atoms with van der Waals surface area (Å²) in [5.41, 5.74) is 0.341. The van der Waals surface area contributed by atoms with Crippen molar-refractivity contribution in [3.8, 4) is 5.75 Å². The molecule has 2 aromatic carbocycles. The number of carbonyl (C=O) groups is 1. The molecule has 1 saturated heterocycles. The predicted octanol–water partition coefficient (Wildman–Crippen LogP) is 1.75. The van der Waals surface area contributed by atoms with Crippen molar-refractivity contribution in [2.24, 2.45) is 11.8 Å². The van der Waals surface area contributed by atoms with Crippen molar-refractivity contribution >= 4 is 16.7 Å². The number of aliphatic hydroxyl groups is 2. The molecular weight excluding hydrogens is 306 g/mol. The van der Waals surface area contributed by atoms with Crippen molar-refractivity contribution in [3.63, 3.8) is 0 Å². The van der Waals surface area contributed by atoms with Gasteiger partial charge in [-0.1, -0.05) is 30.3 Å². The molecule has 2 fully saturated rings. The number of nitrogens with zero attached hydrogens (tertiary/aromatic N) is 1. The summed E-state index contributed by atoms with van der Waals surface area (Å²) >= 11 is 0. The predicted molar refractivity (Wildman–Crippen MR) is 89.7 cm³/mol. The van der Waals surface area contributed by atoms with Crippen molar-refractivity contribution in [3.05, 3.63) is 42.0 Å². The molecule has 0 aromatic heterocycles. The van der Waals surface area contributed by atoms with Crippen LogP contribution < -0.4 is 0 Å². The number of aromatic hydroxyl groups is 1. The number of carbonyl (C=O) groups excluding carboxylic acids is 1. The number of phenols is 1. The van der Waals surface area contributed by atoms with Gasteiger partial charge >= 0.3 is 0 Å². The van der Waals surface area contributed by atoms with Gasteiger partial charge in [0.05, 0.1) is 17.8 Å². The molecule has 5 heteroatoms. The monoisotopic (exact) mass is 327 g/mol. The quantitative estimate of drug-likeness (QED) is 0.745. The van der Waals surface area contributed by atoms with Crippen LogP contribution in [0.2, 0.25) is 0 Å². The lowest BCUT2D eigenvalue weighted by molar-refractivity contribution is -0.0372. The van der Waals surface area contributed by atoms with Crippen LogP contribution in [-0.4, -0.2) is 51.4 Å². The fourth-order valence-corrected chi connectivity index (χ4v) is 4.22. The summed E-state index contributed by atoms with van der Waals surface area (Å²) in [7, 11) is 0. The van der Waals surface area contributed by atoms with Crippen molar-refractivity contribution in [2.75, 3.05) is 13.1 Å². The third-order valence-corrected chi connectivity index (χ3v) is 5.52. The Kier molecular flexibility index (Phi) is 3.70. The number of benzene rings is 2. The van der Waals surface area contributed by atoms with E-state index in [9.17, 15) is 20.1 Å². The number of amides is 1. The molecule has 126 valence electrons. The molecule has 2 aliphatic rings. The van der Waals surface area contributed by atoms with Gasteiger partial charge in [-0.2, -0.15) is 0 Å². The second-order valence-electron chi connectivity index (χ2n) is 7.02. The number of rotatable bonds is 1. The zero-order valence-electron chi connectivity index (χ0n) is 13.3. The number of hydrogen-bond acceptors (Lipinski definition) is 4. The Hall–Kier alpha value is -2.11. The standard InChI is InChI=1S/C19H21NO4/c21-15-6-5-11-3-1-2-4-14(11)18(15)19(24)20-9-12-7-16(22)17(23)8-13(12)10-20/h1-6,12-13,16-17,21-23H,7-10H2/t12-,13+,16+,17-. The van der Waals surface area contributed by atoms with Crippen LogP contribution in [0.4, 0.5) is 0 Å². The van der Waals surface area contributed by atoms with Gasteiger partial charge in [0.25, 0.3) is 5.91 Å². The smallest absolute Gasteiger partial charge is 0.258 e. The summed E-state index contributed by atoms with van der Waals surface area (Å²) in [5, 5.41) is 31.6. The van der Waals surface area contributed by atoms with E-state index in [1.807, 2.05) is 24.3 Å². The van der Waals surface area contributed by atoms with Crippen LogP contribution in [0, 0.1) is 11.8 Å². The molecule has 1 aliphatic heterocycles. The minimum atomic E-state index is -0.702. The molecule has 0 unspecified atom stereocenters. The molecule has 5 nitrogen and oxygen atoms in total. The molecule has 2 aromatic rings. The van der Waals surface area contributed by atoms with Crippen LogP contribution in [0.25, 0.3) is 10.8 Å².